The van der Waals surface area contributed by atoms with Crippen LogP contribution >= 0.6 is 0 Å². The molecule has 0 bridgehead atoms. The molecule has 1 N–H and O–H groups in total. The molecular formula is C15H27N3O2. The van der Waals surface area contributed by atoms with Gasteiger partial charge in [-0.05, 0) is 12.8 Å². The lowest BCUT2D eigenvalue weighted by molar-refractivity contribution is -0.123. The number of ether oxygens (including phenoxy) is 1. The minimum absolute atomic E-state index is 0.0749. The Morgan fingerprint density at radius 1 is 1.30 bits per heavy atom. The topological polar surface area (TPSA) is 65.4 Å². The van der Waals surface area contributed by atoms with Crippen LogP contribution in [0.4, 0.5) is 0 Å². The molecule has 0 atom stereocenters. The Balaban J connectivity index is 2.33. The van der Waals surface area contributed by atoms with Gasteiger partial charge in [0, 0.05) is 32.7 Å². The summed E-state index contributed by atoms with van der Waals surface area (Å²) in [7, 11) is 1.65. The number of nitrogens with zero attached hydrogens (tertiary/aromatic N) is 2. The highest BCUT2D eigenvalue weighted by atomic mass is 16.5. The summed E-state index contributed by atoms with van der Waals surface area (Å²) in [6.45, 7) is 2.26. The summed E-state index contributed by atoms with van der Waals surface area (Å²) in [6.07, 6.45) is 7.65. The average molecular weight is 281 g/mol. The smallest absolute Gasteiger partial charge is 0.234 e. The molecule has 0 aliphatic heterocycles. The zero-order valence-electron chi connectivity index (χ0n) is 12.6. The molecule has 20 heavy (non-hydrogen) atoms. The van der Waals surface area contributed by atoms with E-state index in [0.29, 0.717) is 38.7 Å². The second-order valence-electron chi connectivity index (χ2n) is 5.43. The van der Waals surface area contributed by atoms with E-state index in [9.17, 15) is 4.79 Å². The Hall–Kier alpha value is -1.12. The first-order valence-corrected chi connectivity index (χ1v) is 7.64. The molecule has 0 aromatic rings. The van der Waals surface area contributed by atoms with Crippen molar-refractivity contribution in [1.29, 1.82) is 5.26 Å². The van der Waals surface area contributed by atoms with Crippen molar-refractivity contribution in [3.63, 3.8) is 0 Å². The highest BCUT2D eigenvalue weighted by Crippen LogP contribution is 2.17. The van der Waals surface area contributed by atoms with Gasteiger partial charge in [-0.1, -0.05) is 25.7 Å². The number of methoxy groups -OCH3 is 1. The molecule has 5 nitrogen and oxygen atoms in total. The standard InChI is InChI=1S/C15H27N3O2/c1-20-12-11-18(10-6-9-16)13-15(19)17-14-7-4-2-3-5-8-14/h14H,2-8,10-13H2,1H3,(H,17,19). The number of hydrogen-bond acceptors (Lipinski definition) is 4. The number of rotatable bonds is 8. The highest BCUT2D eigenvalue weighted by Gasteiger charge is 2.16. The third-order valence-corrected chi connectivity index (χ3v) is 3.74. The summed E-state index contributed by atoms with van der Waals surface area (Å²) in [4.78, 5) is 14.1. The SMILES string of the molecule is COCCN(CCC#N)CC(=O)NC1CCCCCC1. The van der Waals surface area contributed by atoms with E-state index in [4.69, 9.17) is 10.00 Å². The third kappa shape index (κ3) is 7.46. The fourth-order valence-electron chi connectivity index (χ4n) is 2.60. The summed E-state index contributed by atoms with van der Waals surface area (Å²) in [5, 5.41) is 11.8. The Bertz CT molecular complexity index is 307. The average Bonchev–Trinajstić information content (AvgIpc) is 2.70. The quantitative estimate of drug-likeness (QED) is 0.688. The molecule has 114 valence electrons. The second kappa shape index (κ2) is 10.6. The van der Waals surface area contributed by atoms with Crippen LogP contribution in [0.5, 0.6) is 0 Å². The number of carbonyl (C=O) groups excluding carboxylic acids is 1. The van der Waals surface area contributed by atoms with Crippen LogP contribution < -0.4 is 5.32 Å². The van der Waals surface area contributed by atoms with Gasteiger partial charge in [0.2, 0.25) is 5.91 Å². The summed E-state index contributed by atoms with van der Waals surface area (Å²) in [5.41, 5.74) is 0. The van der Waals surface area contributed by atoms with E-state index in [0.717, 1.165) is 12.8 Å². The highest BCUT2D eigenvalue weighted by molar-refractivity contribution is 5.78. The van der Waals surface area contributed by atoms with Gasteiger partial charge in [-0.25, -0.2) is 0 Å². The minimum Gasteiger partial charge on any atom is -0.383 e. The Morgan fingerprint density at radius 3 is 2.60 bits per heavy atom. The van der Waals surface area contributed by atoms with Gasteiger partial charge in [0.15, 0.2) is 0 Å². The Kier molecular flexibility index (Phi) is 9.01. The van der Waals surface area contributed by atoms with Crippen LogP contribution in [0.25, 0.3) is 0 Å². The maximum absolute atomic E-state index is 12.1. The van der Waals surface area contributed by atoms with Crippen LogP contribution in [0.15, 0.2) is 0 Å². The number of hydrogen-bond donors (Lipinski definition) is 1. The van der Waals surface area contributed by atoms with Gasteiger partial charge in [-0.2, -0.15) is 5.26 Å². The lowest BCUT2D eigenvalue weighted by Gasteiger charge is -2.22. The van der Waals surface area contributed by atoms with Crippen molar-refractivity contribution >= 4 is 5.91 Å². The molecule has 0 aromatic carbocycles. The van der Waals surface area contributed by atoms with Crippen LogP contribution in [0.1, 0.15) is 44.9 Å². The van der Waals surface area contributed by atoms with E-state index in [-0.39, 0.29) is 5.91 Å². The van der Waals surface area contributed by atoms with E-state index in [1.54, 1.807) is 7.11 Å². The third-order valence-electron chi connectivity index (χ3n) is 3.74. The lowest BCUT2D eigenvalue weighted by Crippen LogP contribution is -2.43. The maximum Gasteiger partial charge on any atom is 0.234 e. The molecular weight excluding hydrogens is 254 g/mol. The van der Waals surface area contributed by atoms with Crippen LogP contribution in [0.3, 0.4) is 0 Å². The van der Waals surface area contributed by atoms with Crippen LogP contribution in [-0.2, 0) is 9.53 Å². The van der Waals surface area contributed by atoms with Crippen molar-refractivity contribution < 1.29 is 9.53 Å². The fraction of sp³-hybridized carbons (Fsp3) is 0.867. The molecule has 0 radical (unpaired) electrons. The van der Waals surface area contributed by atoms with Gasteiger partial charge in [-0.3, -0.25) is 9.69 Å². The molecule has 0 aromatic heterocycles. The van der Waals surface area contributed by atoms with Crippen molar-refractivity contribution in [1.82, 2.24) is 10.2 Å². The number of amides is 1. The van der Waals surface area contributed by atoms with Gasteiger partial charge in [0.05, 0.1) is 19.2 Å². The zero-order valence-corrected chi connectivity index (χ0v) is 12.6. The zero-order chi connectivity index (χ0) is 14.6. The normalized spacial score (nSPS) is 16.6. The number of carbonyl (C=O) groups is 1. The van der Waals surface area contributed by atoms with Crippen molar-refractivity contribution in [2.45, 2.75) is 51.0 Å². The first-order valence-electron chi connectivity index (χ1n) is 7.64. The summed E-state index contributed by atoms with van der Waals surface area (Å²) >= 11 is 0. The molecule has 0 heterocycles. The molecule has 1 amide bonds. The molecule has 0 unspecified atom stereocenters. The number of nitriles is 1. The van der Waals surface area contributed by atoms with Gasteiger partial charge in [-0.15, -0.1) is 0 Å². The van der Waals surface area contributed by atoms with Gasteiger partial charge >= 0.3 is 0 Å². The molecule has 1 aliphatic rings. The van der Waals surface area contributed by atoms with E-state index in [1.807, 2.05) is 4.90 Å². The van der Waals surface area contributed by atoms with Crippen LogP contribution in [-0.4, -0.2) is 50.2 Å². The monoisotopic (exact) mass is 281 g/mol. The molecule has 0 spiro atoms. The van der Waals surface area contributed by atoms with Gasteiger partial charge in [0.25, 0.3) is 0 Å². The number of nitrogens with one attached hydrogen (secondary N) is 1. The first kappa shape index (κ1) is 16.9. The molecule has 1 saturated carbocycles. The van der Waals surface area contributed by atoms with E-state index >= 15 is 0 Å². The van der Waals surface area contributed by atoms with Crippen molar-refractivity contribution in [2.24, 2.45) is 0 Å². The van der Waals surface area contributed by atoms with E-state index in [2.05, 4.69) is 11.4 Å². The van der Waals surface area contributed by atoms with Gasteiger partial charge < -0.3 is 10.1 Å². The van der Waals surface area contributed by atoms with Crippen LogP contribution in [0.2, 0.25) is 0 Å². The van der Waals surface area contributed by atoms with Crippen molar-refractivity contribution in [2.75, 3.05) is 33.4 Å². The summed E-state index contributed by atoms with van der Waals surface area (Å²) in [5.74, 6) is 0.0749. The predicted molar refractivity (Wildman–Crippen MR) is 78.2 cm³/mol. The Morgan fingerprint density at radius 2 is 2.00 bits per heavy atom. The van der Waals surface area contributed by atoms with E-state index < -0.39 is 0 Å². The molecule has 1 rings (SSSR count). The van der Waals surface area contributed by atoms with E-state index in [1.165, 1.54) is 25.7 Å². The first-order chi connectivity index (χ1) is 9.76. The second-order valence-corrected chi connectivity index (χ2v) is 5.43. The molecule has 5 heteroatoms. The predicted octanol–water partition coefficient (Wildman–Crippen LogP) is 1.69. The summed E-state index contributed by atoms with van der Waals surface area (Å²) < 4.78 is 5.04. The van der Waals surface area contributed by atoms with Crippen molar-refractivity contribution in [3.8, 4) is 6.07 Å². The minimum atomic E-state index is 0.0749. The largest absolute Gasteiger partial charge is 0.383 e. The molecule has 1 fully saturated rings. The maximum atomic E-state index is 12.1. The molecule has 1 aliphatic carbocycles. The Labute approximate surface area is 122 Å². The van der Waals surface area contributed by atoms with Crippen LogP contribution in [0, 0.1) is 11.3 Å². The van der Waals surface area contributed by atoms with Gasteiger partial charge in [0.1, 0.15) is 0 Å². The molecule has 0 saturated heterocycles. The summed E-state index contributed by atoms with van der Waals surface area (Å²) in [6, 6.07) is 2.46. The van der Waals surface area contributed by atoms with Crippen molar-refractivity contribution in [3.05, 3.63) is 0 Å². The fourth-order valence-corrected chi connectivity index (χ4v) is 2.60. The lowest BCUT2D eigenvalue weighted by atomic mass is 10.1.